The van der Waals surface area contributed by atoms with Gasteiger partial charge in [0.15, 0.2) is 5.13 Å². The van der Waals surface area contributed by atoms with E-state index < -0.39 is 0 Å². The van der Waals surface area contributed by atoms with Gasteiger partial charge in [-0.2, -0.15) is 0 Å². The highest BCUT2D eigenvalue weighted by Gasteiger charge is 2.30. The number of para-hydroxylation sites is 1. The molecule has 1 amide bonds. The number of rotatable bonds is 5. The maximum Gasteiger partial charge on any atom is 0.240 e. The Balaban J connectivity index is 1.13. The molecule has 1 aliphatic carbocycles. The zero-order valence-corrected chi connectivity index (χ0v) is 16.6. The topological polar surface area (TPSA) is 71.0 Å². The van der Waals surface area contributed by atoms with E-state index in [2.05, 4.69) is 25.4 Å². The van der Waals surface area contributed by atoms with Crippen LogP contribution in [0.15, 0.2) is 24.3 Å². The Morgan fingerprint density at radius 1 is 1.04 bits per heavy atom. The molecular weight excluding hydrogens is 378 g/mol. The van der Waals surface area contributed by atoms with Gasteiger partial charge < -0.3 is 5.32 Å². The van der Waals surface area contributed by atoms with Crippen molar-refractivity contribution in [2.45, 2.75) is 37.5 Å². The van der Waals surface area contributed by atoms with Crippen LogP contribution in [0, 0.1) is 0 Å². The van der Waals surface area contributed by atoms with Gasteiger partial charge in [-0.3, -0.25) is 9.69 Å². The van der Waals surface area contributed by atoms with Crippen LogP contribution in [0.3, 0.4) is 0 Å². The van der Waals surface area contributed by atoms with Crippen LogP contribution < -0.4 is 5.32 Å². The highest BCUT2D eigenvalue weighted by Crippen LogP contribution is 2.43. The molecule has 27 heavy (non-hydrogen) atoms. The third-order valence-electron chi connectivity index (χ3n) is 5.23. The summed E-state index contributed by atoms with van der Waals surface area (Å²) in [5, 5.41) is 14.8. The summed E-state index contributed by atoms with van der Waals surface area (Å²) < 4.78 is 1.09. The molecule has 0 spiro atoms. The van der Waals surface area contributed by atoms with Crippen LogP contribution in [0.4, 0.5) is 5.13 Å². The zero-order valence-electron chi connectivity index (χ0n) is 14.9. The molecule has 0 radical (unpaired) electrons. The van der Waals surface area contributed by atoms with Gasteiger partial charge in [0.1, 0.15) is 10.0 Å². The molecular formula is C19H21N5OS2. The number of likely N-dealkylation sites (tertiary alicyclic amines) is 1. The summed E-state index contributed by atoms with van der Waals surface area (Å²) in [6.45, 7) is 2.28. The third-order valence-corrected chi connectivity index (χ3v) is 7.43. The molecule has 8 heteroatoms. The van der Waals surface area contributed by atoms with Gasteiger partial charge in [-0.25, -0.2) is 4.98 Å². The normalized spacial score (nSPS) is 18.8. The number of benzene rings is 1. The van der Waals surface area contributed by atoms with E-state index in [4.69, 9.17) is 0 Å². The van der Waals surface area contributed by atoms with Gasteiger partial charge in [0, 0.05) is 11.8 Å². The van der Waals surface area contributed by atoms with Crippen molar-refractivity contribution in [3.63, 3.8) is 0 Å². The second-order valence-corrected chi connectivity index (χ2v) is 9.41. The fourth-order valence-electron chi connectivity index (χ4n) is 3.53. The van der Waals surface area contributed by atoms with Gasteiger partial charge in [0.25, 0.3) is 0 Å². The molecule has 2 aliphatic rings. The quantitative estimate of drug-likeness (QED) is 0.706. The van der Waals surface area contributed by atoms with Gasteiger partial charge in [-0.15, -0.1) is 21.5 Å². The highest BCUT2D eigenvalue weighted by molar-refractivity contribution is 7.22. The van der Waals surface area contributed by atoms with Crippen LogP contribution in [0.2, 0.25) is 0 Å². The fraction of sp³-hybridized carbons (Fsp3) is 0.474. The monoisotopic (exact) mass is 399 g/mol. The number of fused-ring (bicyclic) bond motifs is 1. The Morgan fingerprint density at radius 2 is 1.74 bits per heavy atom. The average Bonchev–Trinajstić information content (AvgIpc) is 3.26. The van der Waals surface area contributed by atoms with Crippen molar-refractivity contribution in [2.75, 3.05) is 25.0 Å². The summed E-state index contributed by atoms with van der Waals surface area (Å²) in [5.41, 5.74) is 0.932. The Hall–Kier alpha value is -1.90. The van der Waals surface area contributed by atoms with E-state index in [1.54, 1.807) is 11.3 Å². The van der Waals surface area contributed by atoms with E-state index in [1.165, 1.54) is 34.2 Å². The Morgan fingerprint density at radius 3 is 2.44 bits per heavy atom. The molecule has 0 atom stereocenters. The summed E-state index contributed by atoms with van der Waals surface area (Å²) in [6.07, 6.45) is 4.65. The van der Waals surface area contributed by atoms with E-state index in [0.29, 0.717) is 23.5 Å². The van der Waals surface area contributed by atoms with Gasteiger partial charge in [0.05, 0.1) is 16.8 Å². The molecule has 1 saturated carbocycles. The molecule has 2 aromatic heterocycles. The van der Waals surface area contributed by atoms with Crippen molar-refractivity contribution >= 4 is 43.9 Å². The van der Waals surface area contributed by atoms with E-state index in [-0.39, 0.29) is 5.91 Å². The molecule has 3 heterocycles. The minimum absolute atomic E-state index is 0.0134. The first-order chi connectivity index (χ1) is 13.2. The van der Waals surface area contributed by atoms with E-state index in [1.807, 2.05) is 24.3 Å². The minimum atomic E-state index is 0.0134. The molecule has 6 nitrogen and oxygen atoms in total. The highest BCUT2D eigenvalue weighted by atomic mass is 32.1. The van der Waals surface area contributed by atoms with Gasteiger partial charge >= 0.3 is 0 Å². The molecule has 0 bridgehead atoms. The van der Waals surface area contributed by atoms with Crippen molar-refractivity contribution in [3.8, 4) is 0 Å². The number of nitrogens with one attached hydrogen (secondary N) is 1. The molecule has 2 fully saturated rings. The third kappa shape index (κ3) is 3.88. The first-order valence-corrected chi connectivity index (χ1v) is 11.1. The maximum absolute atomic E-state index is 12.4. The van der Waals surface area contributed by atoms with Gasteiger partial charge in [0.2, 0.25) is 5.91 Å². The summed E-state index contributed by atoms with van der Waals surface area (Å²) in [7, 11) is 0. The van der Waals surface area contributed by atoms with Gasteiger partial charge in [-0.1, -0.05) is 23.5 Å². The summed E-state index contributed by atoms with van der Waals surface area (Å²) in [5.74, 6) is 1.19. The number of hydrogen-bond acceptors (Lipinski definition) is 7. The van der Waals surface area contributed by atoms with Crippen LogP contribution in [0.1, 0.15) is 47.5 Å². The number of piperidine rings is 1. The summed E-state index contributed by atoms with van der Waals surface area (Å²) in [4.78, 5) is 19.1. The molecule has 1 aliphatic heterocycles. The predicted octanol–water partition coefficient (Wildman–Crippen LogP) is 3.84. The minimum Gasteiger partial charge on any atom is -0.301 e. The number of nitrogens with zero attached hydrogens (tertiary/aromatic N) is 4. The SMILES string of the molecule is O=C(CN1CCC(c2nnc(C3CC3)s2)CC1)Nc1nc2ccccc2s1. The number of aromatic nitrogens is 3. The number of carbonyl (C=O) groups is 1. The van der Waals surface area contributed by atoms with Crippen molar-refractivity contribution in [2.24, 2.45) is 0 Å². The molecule has 1 saturated heterocycles. The van der Waals surface area contributed by atoms with Crippen molar-refractivity contribution in [3.05, 3.63) is 34.3 Å². The van der Waals surface area contributed by atoms with Crippen molar-refractivity contribution < 1.29 is 4.79 Å². The maximum atomic E-state index is 12.4. The van der Waals surface area contributed by atoms with Crippen LogP contribution >= 0.6 is 22.7 Å². The van der Waals surface area contributed by atoms with E-state index in [0.717, 1.165) is 36.1 Å². The van der Waals surface area contributed by atoms with E-state index in [9.17, 15) is 4.79 Å². The first kappa shape index (κ1) is 17.2. The zero-order chi connectivity index (χ0) is 18.2. The molecule has 140 valence electrons. The number of thiazole rings is 1. The number of anilines is 1. The second-order valence-electron chi connectivity index (χ2n) is 7.34. The van der Waals surface area contributed by atoms with Crippen molar-refractivity contribution in [1.82, 2.24) is 20.1 Å². The first-order valence-electron chi connectivity index (χ1n) is 9.45. The molecule has 5 rings (SSSR count). The van der Waals surface area contributed by atoms with E-state index >= 15 is 0 Å². The van der Waals surface area contributed by atoms with Crippen molar-refractivity contribution in [1.29, 1.82) is 0 Å². The standard InChI is InChI=1S/C19H21N5OS2/c25-16(21-19-20-14-3-1-2-4-15(14)26-19)11-24-9-7-13(8-10-24)18-23-22-17(27-18)12-5-6-12/h1-4,12-13H,5-11H2,(H,20,21,25). The lowest BCUT2D eigenvalue weighted by Crippen LogP contribution is -2.38. The Bertz CT molecular complexity index is 923. The number of amides is 1. The van der Waals surface area contributed by atoms with Gasteiger partial charge in [-0.05, 0) is 50.9 Å². The average molecular weight is 400 g/mol. The van der Waals surface area contributed by atoms with Crippen LogP contribution in [-0.4, -0.2) is 45.6 Å². The number of carbonyl (C=O) groups excluding carboxylic acids is 1. The molecule has 1 aromatic carbocycles. The van der Waals surface area contributed by atoms with Crippen LogP contribution in [0.5, 0.6) is 0 Å². The van der Waals surface area contributed by atoms with Crippen LogP contribution in [-0.2, 0) is 4.79 Å². The lowest BCUT2D eigenvalue weighted by atomic mass is 9.98. The smallest absolute Gasteiger partial charge is 0.240 e. The molecule has 1 N–H and O–H groups in total. The largest absolute Gasteiger partial charge is 0.301 e. The number of hydrogen-bond donors (Lipinski definition) is 1. The fourth-order valence-corrected chi connectivity index (χ4v) is 5.60. The lowest BCUT2D eigenvalue weighted by Gasteiger charge is -2.30. The van der Waals surface area contributed by atoms with Crippen LogP contribution in [0.25, 0.3) is 10.2 Å². The predicted molar refractivity (Wildman–Crippen MR) is 109 cm³/mol. The molecule has 0 unspecified atom stereocenters. The lowest BCUT2D eigenvalue weighted by molar-refractivity contribution is -0.117. The second kappa shape index (κ2) is 7.26. The summed E-state index contributed by atoms with van der Waals surface area (Å²) in [6, 6.07) is 7.94. The Labute approximate surface area is 165 Å². The molecule has 3 aromatic rings. The Kier molecular flexibility index (Phi) is 4.63. The summed E-state index contributed by atoms with van der Waals surface area (Å²) >= 11 is 3.32.